The number of rotatable bonds is 2. The molecular formula is C11H20N2O. The van der Waals surface area contributed by atoms with Gasteiger partial charge in [-0.25, -0.2) is 0 Å². The van der Waals surface area contributed by atoms with Crippen molar-refractivity contribution in [2.45, 2.75) is 39.3 Å². The number of amides is 1. The van der Waals surface area contributed by atoms with E-state index >= 15 is 0 Å². The maximum Gasteiger partial charge on any atom is 0.219 e. The van der Waals surface area contributed by atoms with Gasteiger partial charge in [-0.1, -0.05) is 13.8 Å². The number of carbonyl (C=O) groups is 1. The molecule has 0 unspecified atom stereocenters. The first-order valence-corrected chi connectivity index (χ1v) is 5.59. The van der Waals surface area contributed by atoms with Gasteiger partial charge in [0, 0.05) is 38.6 Å². The van der Waals surface area contributed by atoms with Gasteiger partial charge in [-0.2, -0.15) is 0 Å². The molecule has 2 atom stereocenters. The van der Waals surface area contributed by atoms with E-state index in [2.05, 4.69) is 18.7 Å². The summed E-state index contributed by atoms with van der Waals surface area (Å²) in [5.41, 5.74) is 0. The van der Waals surface area contributed by atoms with Crippen molar-refractivity contribution < 1.29 is 4.79 Å². The molecule has 0 aromatic carbocycles. The first kappa shape index (κ1) is 9.97. The van der Waals surface area contributed by atoms with Crippen molar-refractivity contribution in [3.05, 3.63) is 0 Å². The van der Waals surface area contributed by atoms with Gasteiger partial charge in [-0.3, -0.25) is 9.69 Å². The Morgan fingerprint density at radius 2 is 2.07 bits per heavy atom. The summed E-state index contributed by atoms with van der Waals surface area (Å²) in [5, 5.41) is 0. The molecule has 0 aromatic rings. The molecule has 80 valence electrons. The van der Waals surface area contributed by atoms with Crippen molar-refractivity contribution in [2.24, 2.45) is 5.92 Å². The summed E-state index contributed by atoms with van der Waals surface area (Å²) in [7, 11) is 0. The van der Waals surface area contributed by atoms with E-state index in [0.29, 0.717) is 12.1 Å². The fourth-order valence-corrected chi connectivity index (χ4v) is 2.83. The topological polar surface area (TPSA) is 23.6 Å². The number of nitrogens with zero attached hydrogens (tertiary/aromatic N) is 2. The van der Waals surface area contributed by atoms with Gasteiger partial charge in [0.15, 0.2) is 0 Å². The van der Waals surface area contributed by atoms with Crippen LogP contribution in [0.3, 0.4) is 0 Å². The monoisotopic (exact) mass is 196 g/mol. The van der Waals surface area contributed by atoms with Crippen LogP contribution in [0.25, 0.3) is 0 Å². The van der Waals surface area contributed by atoms with Gasteiger partial charge in [-0.15, -0.1) is 0 Å². The minimum absolute atomic E-state index is 0.252. The van der Waals surface area contributed by atoms with Crippen molar-refractivity contribution in [1.82, 2.24) is 9.80 Å². The van der Waals surface area contributed by atoms with Crippen LogP contribution in [0.4, 0.5) is 0 Å². The van der Waals surface area contributed by atoms with E-state index in [1.54, 1.807) is 6.92 Å². The second-order valence-electron chi connectivity index (χ2n) is 5.06. The molecule has 3 heteroatoms. The average molecular weight is 196 g/mol. The van der Waals surface area contributed by atoms with Gasteiger partial charge in [0.05, 0.1) is 0 Å². The normalized spacial score (nSPS) is 31.9. The van der Waals surface area contributed by atoms with E-state index in [1.165, 1.54) is 13.0 Å². The molecule has 3 nitrogen and oxygen atoms in total. The Labute approximate surface area is 86.1 Å². The summed E-state index contributed by atoms with van der Waals surface area (Å²) in [6.07, 6.45) is 1.20. The predicted molar refractivity (Wildman–Crippen MR) is 56.0 cm³/mol. The van der Waals surface area contributed by atoms with Crippen LogP contribution in [-0.4, -0.2) is 47.4 Å². The lowest BCUT2D eigenvalue weighted by molar-refractivity contribution is -0.131. The number of carbonyl (C=O) groups excluding carboxylic acids is 1. The molecule has 2 rings (SSSR count). The zero-order chi connectivity index (χ0) is 10.3. The first-order valence-electron chi connectivity index (χ1n) is 5.59. The summed E-state index contributed by atoms with van der Waals surface area (Å²) in [4.78, 5) is 15.9. The molecule has 0 aromatic heterocycles. The third kappa shape index (κ3) is 1.65. The van der Waals surface area contributed by atoms with Crippen molar-refractivity contribution in [3.63, 3.8) is 0 Å². The molecule has 14 heavy (non-hydrogen) atoms. The molecule has 2 saturated heterocycles. The minimum atomic E-state index is 0.252. The summed E-state index contributed by atoms with van der Waals surface area (Å²) >= 11 is 0. The van der Waals surface area contributed by atoms with E-state index in [1.807, 2.05) is 4.90 Å². The molecule has 2 fully saturated rings. The Balaban J connectivity index is 1.93. The Kier molecular flexibility index (Phi) is 2.52. The van der Waals surface area contributed by atoms with E-state index in [-0.39, 0.29) is 5.91 Å². The maximum absolute atomic E-state index is 11.3. The van der Waals surface area contributed by atoms with Crippen LogP contribution >= 0.6 is 0 Å². The van der Waals surface area contributed by atoms with Crippen molar-refractivity contribution >= 4 is 5.91 Å². The van der Waals surface area contributed by atoms with Gasteiger partial charge < -0.3 is 4.90 Å². The molecule has 0 saturated carbocycles. The lowest BCUT2D eigenvalue weighted by Gasteiger charge is -2.34. The number of likely N-dealkylation sites (tertiary alicyclic amines) is 2. The fraction of sp³-hybridized carbons (Fsp3) is 0.909. The highest BCUT2D eigenvalue weighted by molar-refractivity contribution is 5.74. The molecule has 0 spiro atoms. The third-order valence-electron chi connectivity index (χ3n) is 3.36. The van der Waals surface area contributed by atoms with Gasteiger partial charge >= 0.3 is 0 Å². The highest BCUT2D eigenvalue weighted by atomic mass is 16.2. The van der Waals surface area contributed by atoms with Gasteiger partial charge in [-0.05, 0) is 12.3 Å². The molecule has 2 bridgehead atoms. The Bertz CT molecular complexity index is 239. The molecule has 2 heterocycles. The maximum atomic E-state index is 11.3. The zero-order valence-electron chi connectivity index (χ0n) is 9.36. The smallest absolute Gasteiger partial charge is 0.219 e. The fourth-order valence-electron chi connectivity index (χ4n) is 2.83. The standard InChI is InChI=1S/C11H20N2O/c1-8(2)5-12-6-11-4-10(12)7-13(11)9(3)14/h8,10-11H,4-7H2,1-3H3/t10-,11-/m0/s1. The van der Waals surface area contributed by atoms with Crippen LogP contribution in [0.2, 0.25) is 0 Å². The minimum Gasteiger partial charge on any atom is -0.337 e. The summed E-state index contributed by atoms with van der Waals surface area (Å²) < 4.78 is 0. The molecule has 2 aliphatic rings. The van der Waals surface area contributed by atoms with Crippen LogP contribution in [0.5, 0.6) is 0 Å². The zero-order valence-corrected chi connectivity index (χ0v) is 9.36. The number of hydrogen-bond donors (Lipinski definition) is 0. The Hall–Kier alpha value is -0.570. The molecular weight excluding hydrogens is 176 g/mol. The largest absolute Gasteiger partial charge is 0.337 e. The highest BCUT2D eigenvalue weighted by Crippen LogP contribution is 2.30. The van der Waals surface area contributed by atoms with Gasteiger partial charge in [0.1, 0.15) is 0 Å². The number of hydrogen-bond acceptors (Lipinski definition) is 2. The van der Waals surface area contributed by atoms with Gasteiger partial charge in [0.25, 0.3) is 0 Å². The van der Waals surface area contributed by atoms with Crippen LogP contribution in [0.15, 0.2) is 0 Å². The first-order chi connectivity index (χ1) is 6.58. The second-order valence-corrected chi connectivity index (χ2v) is 5.06. The lowest BCUT2D eigenvalue weighted by Crippen LogP contribution is -2.48. The lowest BCUT2D eigenvalue weighted by atomic mass is 10.2. The molecule has 1 amide bonds. The quantitative estimate of drug-likeness (QED) is 0.656. The van der Waals surface area contributed by atoms with E-state index in [9.17, 15) is 4.79 Å². The van der Waals surface area contributed by atoms with Crippen molar-refractivity contribution in [3.8, 4) is 0 Å². The van der Waals surface area contributed by atoms with E-state index in [0.717, 1.165) is 19.0 Å². The third-order valence-corrected chi connectivity index (χ3v) is 3.36. The Morgan fingerprint density at radius 3 is 2.50 bits per heavy atom. The second kappa shape index (κ2) is 3.54. The summed E-state index contributed by atoms with van der Waals surface area (Å²) in [6, 6.07) is 1.16. The van der Waals surface area contributed by atoms with Crippen molar-refractivity contribution in [2.75, 3.05) is 19.6 Å². The van der Waals surface area contributed by atoms with E-state index in [4.69, 9.17) is 0 Å². The average Bonchev–Trinajstić information content (AvgIpc) is 2.60. The SMILES string of the molecule is CC(=O)N1C[C@@H]2C[C@H]1CN2CC(C)C. The highest BCUT2D eigenvalue weighted by Gasteiger charge is 2.43. The van der Waals surface area contributed by atoms with Gasteiger partial charge in [0.2, 0.25) is 5.91 Å². The van der Waals surface area contributed by atoms with Crippen molar-refractivity contribution in [1.29, 1.82) is 0 Å². The van der Waals surface area contributed by atoms with Crippen LogP contribution in [-0.2, 0) is 4.79 Å². The van der Waals surface area contributed by atoms with Crippen LogP contribution in [0, 0.1) is 5.92 Å². The predicted octanol–water partition coefficient (Wildman–Crippen LogP) is 0.947. The number of piperazine rings is 1. The molecule has 0 N–H and O–H groups in total. The Morgan fingerprint density at radius 1 is 1.36 bits per heavy atom. The van der Waals surface area contributed by atoms with E-state index < -0.39 is 0 Å². The summed E-state index contributed by atoms with van der Waals surface area (Å²) in [5.74, 6) is 0.988. The molecule has 2 aliphatic heterocycles. The molecule has 0 radical (unpaired) electrons. The van der Waals surface area contributed by atoms with Crippen LogP contribution < -0.4 is 0 Å². The molecule has 0 aliphatic carbocycles. The van der Waals surface area contributed by atoms with Crippen LogP contribution in [0.1, 0.15) is 27.2 Å². The summed E-state index contributed by atoms with van der Waals surface area (Å²) in [6.45, 7) is 9.46. The number of fused-ring (bicyclic) bond motifs is 2.